The van der Waals surface area contributed by atoms with Crippen molar-refractivity contribution in [2.45, 2.75) is 71.6 Å². The van der Waals surface area contributed by atoms with Crippen molar-refractivity contribution in [1.82, 2.24) is 0 Å². The topological polar surface area (TPSA) is 60.4 Å². The maximum absolute atomic E-state index is 12.7. The maximum atomic E-state index is 12.7. The molecule has 0 amide bonds. The van der Waals surface area contributed by atoms with Gasteiger partial charge in [-0.2, -0.15) is 0 Å². The lowest BCUT2D eigenvalue weighted by molar-refractivity contribution is -0.149. The Kier molecular flexibility index (Phi) is 4.42. The van der Waals surface area contributed by atoms with E-state index in [2.05, 4.69) is 19.9 Å². The molecule has 3 fully saturated rings. The van der Waals surface area contributed by atoms with Gasteiger partial charge in [-0.05, 0) is 73.7 Å². The van der Waals surface area contributed by atoms with Crippen molar-refractivity contribution in [3.8, 4) is 0 Å². The Hall–Kier alpha value is -1.71. The fourth-order valence-electron chi connectivity index (χ4n) is 7.64. The summed E-state index contributed by atoms with van der Waals surface area (Å²) in [7, 11) is 0. The van der Waals surface area contributed by atoms with Crippen LogP contribution in [0.3, 0.4) is 0 Å². The molecule has 6 atom stereocenters. The number of allylic oxidation sites excluding steroid dienone is 4. The van der Waals surface area contributed by atoms with Gasteiger partial charge in [0.05, 0.1) is 0 Å². The Morgan fingerprint density at radius 2 is 1.86 bits per heavy atom. The Morgan fingerprint density at radius 3 is 2.69 bits per heavy atom. The van der Waals surface area contributed by atoms with Crippen LogP contribution in [0.4, 0.5) is 0 Å². The fraction of sp³-hybridized carbons (Fsp3) is 0.720. The van der Waals surface area contributed by atoms with E-state index in [-0.39, 0.29) is 40.9 Å². The zero-order valence-electron chi connectivity index (χ0n) is 17.7. The molecule has 1 aliphatic heterocycles. The van der Waals surface area contributed by atoms with Crippen LogP contribution in [-0.4, -0.2) is 24.1 Å². The van der Waals surface area contributed by atoms with Crippen LogP contribution in [0, 0.1) is 34.5 Å². The van der Waals surface area contributed by atoms with E-state index in [1.807, 2.05) is 6.08 Å². The van der Waals surface area contributed by atoms with E-state index >= 15 is 0 Å². The van der Waals surface area contributed by atoms with Crippen LogP contribution >= 0.6 is 0 Å². The lowest BCUT2D eigenvalue weighted by Gasteiger charge is -2.56. The van der Waals surface area contributed by atoms with Crippen LogP contribution in [0.15, 0.2) is 23.3 Å². The van der Waals surface area contributed by atoms with Crippen LogP contribution in [0.5, 0.6) is 0 Å². The van der Waals surface area contributed by atoms with Crippen LogP contribution < -0.4 is 0 Å². The first kappa shape index (κ1) is 19.3. The van der Waals surface area contributed by atoms with Crippen molar-refractivity contribution >= 4 is 17.5 Å². The highest BCUT2D eigenvalue weighted by molar-refractivity contribution is 5.92. The molecule has 156 valence electrons. The maximum Gasteiger partial charge on any atom is 0.306 e. The number of esters is 1. The van der Waals surface area contributed by atoms with E-state index in [4.69, 9.17) is 4.74 Å². The van der Waals surface area contributed by atoms with E-state index in [1.165, 1.54) is 24.0 Å². The normalized spacial score (nSPS) is 44.7. The molecule has 29 heavy (non-hydrogen) atoms. The number of fused-ring (bicyclic) bond motifs is 2. The van der Waals surface area contributed by atoms with Gasteiger partial charge in [-0.3, -0.25) is 14.4 Å². The quantitative estimate of drug-likeness (QED) is 0.444. The van der Waals surface area contributed by atoms with Crippen molar-refractivity contribution < 1.29 is 19.1 Å². The fourth-order valence-corrected chi connectivity index (χ4v) is 7.64. The average molecular weight is 397 g/mol. The number of ketones is 2. The molecule has 0 aromatic heterocycles. The second-order valence-electron chi connectivity index (χ2n) is 10.7. The SMILES string of the molecule is C[C@]12CCC(=O)C=C1C[C@@H]1CC(=O)COC(=O)CC[C@H]3CCC4C1C2=CC[C@@]43C. The van der Waals surface area contributed by atoms with Crippen LogP contribution in [-0.2, 0) is 19.1 Å². The van der Waals surface area contributed by atoms with Crippen molar-refractivity contribution in [2.75, 3.05) is 6.61 Å². The largest absolute Gasteiger partial charge is 0.458 e. The number of hydrogen-bond donors (Lipinski definition) is 0. The lowest BCUT2D eigenvalue weighted by Crippen LogP contribution is -2.48. The van der Waals surface area contributed by atoms with E-state index in [9.17, 15) is 14.4 Å². The number of Topliss-reactive ketones (excluding diaryl/α,β-unsaturated/α-hetero) is 1. The molecule has 0 spiro atoms. The summed E-state index contributed by atoms with van der Waals surface area (Å²) in [5, 5.41) is 0. The minimum absolute atomic E-state index is 0.0128. The van der Waals surface area contributed by atoms with Gasteiger partial charge in [-0.15, -0.1) is 0 Å². The zero-order valence-corrected chi connectivity index (χ0v) is 17.7. The number of carbonyl (C=O) groups is 3. The molecule has 1 heterocycles. The van der Waals surface area contributed by atoms with Gasteiger partial charge in [0, 0.05) is 24.7 Å². The summed E-state index contributed by atoms with van der Waals surface area (Å²) in [5.41, 5.74) is 2.94. The smallest absolute Gasteiger partial charge is 0.306 e. The highest BCUT2D eigenvalue weighted by atomic mass is 16.5. The second-order valence-corrected chi connectivity index (χ2v) is 10.7. The number of hydrogen-bond acceptors (Lipinski definition) is 4. The molecule has 4 bridgehead atoms. The summed E-state index contributed by atoms with van der Waals surface area (Å²) >= 11 is 0. The second kappa shape index (κ2) is 6.65. The average Bonchev–Trinajstić information content (AvgIpc) is 3.02. The first-order chi connectivity index (χ1) is 13.8. The van der Waals surface area contributed by atoms with Gasteiger partial charge >= 0.3 is 5.97 Å². The van der Waals surface area contributed by atoms with Crippen LogP contribution in [0.1, 0.15) is 71.6 Å². The van der Waals surface area contributed by atoms with Crippen LogP contribution in [0.2, 0.25) is 0 Å². The third-order valence-corrected chi connectivity index (χ3v) is 9.28. The van der Waals surface area contributed by atoms with E-state index < -0.39 is 0 Å². The Labute approximate surface area is 173 Å². The summed E-state index contributed by atoms with van der Waals surface area (Å²) in [4.78, 5) is 37.0. The molecule has 5 rings (SSSR count). The van der Waals surface area contributed by atoms with Gasteiger partial charge in [-0.1, -0.05) is 31.1 Å². The molecule has 2 saturated carbocycles. The van der Waals surface area contributed by atoms with Crippen molar-refractivity contribution in [1.29, 1.82) is 0 Å². The van der Waals surface area contributed by atoms with Gasteiger partial charge in [0.25, 0.3) is 0 Å². The predicted molar refractivity (Wildman–Crippen MR) is 109 cm³/mol. The third-order valence-electron chi connectivity index (χ3n) is 9.28. The molecule has 2 unspecified atom stereocenters. The van der Waals surface area contributed by atoms with Crippen molar-refractivity contribution in [2.24, 2.45) is 34.5 Å². The minimum Gasteiger partial charge on any atom is -0.458 e. The van der Waals surface area contributed by atoms with Gasteiger partial charge in [0.15, 0.2) is 11.6 Å². The highest BCUT2D eigenvalue weighted by Gasteiger charge is 2.58. The molecule has 4 aliphatic carbocycles. The van der Waals surface area contributed by atoms with E-state index in [1.54, 1.807) is 0 Å². The highest BCUT2D eigenvalue weighted by Crippen LogP contribution is 2.66. The molecule has 5 aliphatic rings. The Balaban J connectivity index is 1.61. The summed E-state index contributed by atoms with van der Waals surface area (Å²) in [6.45, 7) is 4.67. The molecular weight excluding hydrogens is 364 g/mol. The predicted octanol–water partition coefficient (Wildman–Crippen LogP) is 4.58. The molecular formula is C25H32O4. The van der Waals surface area contributed by atoms with E-state index in [0.29, 0.717) is 37.0 Å². The summed E-state index contributed by atoms with van der Waals surface area (Å²) < 4.78 is 5.30. The van der Waals surface area contributed by atoms with Gasteiger partial charge in [0.2, 0.25) is 0 Å². The summed E-state index contributed by atoms with van der Waals surface area (Å²) in [6.07, 6.45) is 11.9. The lowest BCUT2D eigenvalue weighted by atomic mass is 9.48. The summed E-state index contributed by atoms with van der Waals surface area (Å²) in [5.74, 6) is 1.80. The molecule has 0 N–H and O–H groups in total. The third kappa shape index (κ3) is 2.89. The van der Waals surface area contributed by atoms with Gasteiger partial charge < -0.3 is 4.74 Å². The number of rotatable bonds is 0. The monoisotopic (exact) mass is 396 g/mol. The van der Waals surface area contributed by atoms with Crippen molar-refractivity contribution in [3.63, 3.8) is 0 Å². The number of cyclic esters (lactones) is 1. The Bertz CT molecular complexity index is 836. The standard InChI is InChI=1S/C25H32O4/c1-24-10-8-21-23-15(11-17-13-18(26)7-9-25(17,21)2)12-19(27)14-29-22(28)6-4-16(24)3-5-20(23)24/h8,13,15-16,20,23H,3-7,9-12,14H2,1-2H3/t15-,16-,20?,23?,24-,25+/m1/s1. The molecule has 4 nitrogen and oxygen atoms in total. The minimum atomic E-state index is -0.230. The molecule has 0 radical (unpaired) electrons. The first-order valence-corrected chi connectivity index (χ1v) is 11.4. The van der Waals surface area contributed by atoms with Crippen molar-refractivity contribution in [3.05, 3.63) is 23.3 Å². The molecule has 0 aromatic rings. The Morgan fingerprint density at radius 1 is 1.03 bits per heavy atom. The number of ether oxygens (including phenoxy) is 1. The molecule has 1 saturated heterocycles. The van der Waals surface area contributed by atoms with Gasteiger partial charge in [-0.25, -0.2) is 0 Å². The molecule has 4 heteroatoms. The van der Waals surface area contributed by atoms with Gasteiger partial charge in [0.1, 0.15) is 6.61 Å². The van der Waals surface area contributed by atoms with E-state index in [0.717, 1.165) is 25.7 Å². The van der Waals surface area contributed by atoms with Crippen LogP contribution in [0.25, 0.3) is 0 Å². The zero-order chi connectivity index (χ0) is 20.4. The summed E-state index contributed by atoms with van der Waals surface area (Å²) in [6, 6.07) is 0. The first-order valence-electron chi connectivity index (χ1n) is 11.4. The molecule has 0 aromatic carbocycles. The number of carbonyl (C=O) groups excluding carboxylic acids is 3.